The first-order valence-corrected chi connectivity index (χ1v) is 3.07. The lowest BCUT2D eigenvalue weighted by atomic mass is 10.4. The molecule has 1 aliphatic heterocycles. The van der Waals surface area contributed by atoms with E-state index in [1.807, 2.05) is 0 Å². The standard InChI is InChI=1S/C7H8N2O2/c1-6(7(10)11)9-4-2-3-8-5-9/h2-4H,1,5H2,(H,10,11). The maximum Gasteiger partial charge on any atom is 0.351 e. The van der Waals surface area contributed by atoms with Crippen molar-refractivity contribution in [3.05, 3.63) is 24.6 Å². The fourth-order valence-electron chi connectivity index (χ4n) is 0.684. The predicted molar refractivity (Wildman–Crippen MR) is 41.1 cm³/mol. The monoisotopic (exact) mass is 152 g/mol. The van der Waals surface area contributed by atoms with Gasteiger partial charge in [0.05, 0.1) is 0 Å². The predicted octanol–water partition coefficient (Wildman–Crippen LogP) is 0.442. The Labute approximate surface area is 64.2 Å². The van der Waals surface area contributed by atoms with Gasteiger partial charge in [-0.2, -0.15) is 0 Å². The van der Waals surface area contributed by atoms with Gasteiger partial charge in [0.25, 0.3) is 0 Å². The van der Waals surface area contributed by atoms with Gasteiger partial charge in [0.2, 0.25) is 0 Å². The molecule has 0 aromatic rings. The topological polar surface area (TPSA) is 52.9 Å². The van der Waals surface area contributed by atoms with E-state index in [0.717, 1.165) is 0 Å². The third kappa shape index (κ3) is 1.67. The van der Waals surface area contributed by atoms with E-state index in [2.05, 4.69) is 11.6 Å². The molecule has 0 saturated carbocycles. The minimum Gasteiger partial charge on any atom is -0.477 e. The Kier molecular flexibility index (Phi) is 2.06. The zero-order valence-corrected chi connectivity index (χ0v) is 5.90. The zero-order chi connectivity index (χ0) is 8.27. The van der Waals surface area contributed by atoms with Crippen LogP contribution in [-0.4, -0.2) is 28.9 Å². The maximum absolute atomic E-state index is 10.4. The first kappa shape index (κ1) is 7.53. The highest BCUT2D eigenvalue weighted by atomic mass is 16.4. The van der Waals surface area contributed by atoms with Gasteiger partial charge in [-0.05, 0) is 6.08 Å². The summed E-state index contributed by atoms with van der Waals surface area (Å²) in [6.45, 7) is 3.71. The van der Waals surface area contributed by atoms with Gasteiger partial charge >= 0.3 is 5.97 Å². The molecule has 1 rings (SSSR count). The van der Waals surface area contributed by atoms with Crippen LogP contribution >= 0.6 is 0 Å². The van der Waals surface area contributed by atoms with Gasteiger partial charge in [-0.3, -0.25) is 4.99 Å². The summed E-state index contributed by atoms with van der Waals surface area (Å²) in [5.41, 5.74) is 0.0399. The summed E-state index contributed by atoms with van der Waals surface area (Å²) >= 11 is 0. The van der Waals surface area contributed by atoms with E-state index in [1.54, 1.807) is 18.5 Å². The summed E-state index contributed by atoms with van der Waals surface area (Å²) < 4.78 is 0. The van der Waals surface area contributed by atoms with Gasteiger partial charge < -0.3 is 10.0 Å². The molecule has 1 aliphatic rings. The van der Waals surface area contributed by atoms with E-state index in [-0.39, 0.29) is 5.70 Å². The molecule has 0 radical (unpaired) electrons. The number of carboxylic acid groups (broad SMARTS) is 1. The Morgan fingerprint density at radius 1 is 1.73 bits per heavy atom. The van der Waals surface area contributed by atoms with Gasteiger partial charge in [0.1, 0.15) is 12.4 Å². The number of allylic oxidation sites excluding steroid dienone is 1. The molecule has 0 amide bonds. The van der Waals surface area contributed by atoms with Gasteiger partial charge in [0.15, 0.2) is 0 Å². The zero-order valence-electron chi connectivity index (χ0n) is 5.90. The molecular formula is C7H8N2O2. The molecule has 0 saturated heterocycles. The van der Waals surface area contributed by atoms with E-state index < -0.39 is 5.97 Å². The second-order valence-electron chi connectivity index (χ2n) is 2.04. The molecule has 1 N–H and O–H groups in total. The number of aliphatic imine (C=N–C) groups is 1. The summed E-state index contributed by atoms with van der Waals surface area (Å²) in [5.74, 6) is -1.02. The van der Waals surface area contributed by atoms with Crippen LogP contribution in [0, 0.1) is 0 Å². The van der Waals surface area contributed by atoms with Crippen LogP contribution in [0.1, 0.15) is 0 Å². The first-order chi connectivity index (χ1) is 5.22. The quantitative estimate of drug-likeness (QED) is 0.584. The molecule has 0 fully saturated rings. The Morgan fingerprint density at radius 2 is 2.45 bits per heavy atom. The number of hydrogen-bond acceptors (Lipinski definition) is 3. The summed E-state index contributed by atoms with van der Waals surface area (Å²) in [4.78, 5) is 15.7. The average molecular weight is 152 g/mol. The van der Waals surface area contributed by atoms with E-state index >= 15 is 0 Å². The lowest BCUT2D eigenvalue weighted by Crippen LogP contribution is -2.23. The number of aliphatic carboxylic acids is 1. The van der Waals surface area contributed by atoms with Crippen molar-refractivity contribution in [2.24, 2.45) is 4.99 Å². The van der Waals surface area contributed by atoms with Gasteiger partial charge in [-0.25, -0.2) is 4.79 Å². The molecule has 0 aliphatic carbocycles. The molecule has 0 aromatic heterocycles. The van der Waals surface area contributed by atoms with Crippen LogP contribution in [0.5, 0.6) is 0 Å². The minimum atomic E-state index is -1.02. The number of hydrogen-bond donors (Lipinski definition) is 1. The van der Waals surface area contributed by atoms with Gasteiger partial charge in [-0.1, -0.05) is 6.58 Å². The largest absolute Gasteiger partial charge is 0.477 e. The SMILES string of the molecule is C=C(C(=O)O)N1C=CC=NC1. The second kappa shape index (κ2) is 3.01. The number of carboxylic acids is 1. The van der Waals surface area contributed by atoms with Crippen LogP contribution < -0.4 is 0 Å². The van der Waals surface area contributed by atoms with Crippen molar-refractivity contribution >= 4 is 12.2 Å². The summed E-state index contributed by atoms with van der Waals surface area (Å²) in [5, 5.41) is 8.51. The molecule has 0 unspecified atom stereocenters. The third-order valence-corrected chi connectivity index (χ3v) is 1.29. The fraction of sp³-hybridized carbons (Fsp3) is 0.143. The fourth-order valence-corrected chi connectivity index (χ4v) is 0.684. The van der Waals surface area contributed by atoms with E-state index in [4.69, 9.17) is 5.11 Å². The van der Waals surface area contributed by atoms with E-state index in [1.165, 1.54) is 4.90 Å². The molecule has 11 heavy (non-hydrogen) atoms. The van der Waals surface area contributed by atoms with Crippen molar-refractivity contribution in [1.82, 2.24) is 4.90 Å². The Hall–Kier alpha value is -1.58. The lowest BCUT2D eigenvalue weighted by Gasteiger charge is -2.18. The summed E-state index contributed by atoms with van der Waals surface area (Å²) in [7, 11) is 0. The van der Waals surface area contributed by atoms with Crippen molar-refractivity contribution in [2.45, 2.75) is 0 Å². The van der Waals surface area contributed by atoms with Gasteiger partial charge in [-0.15, -0.1) is 0 Å². The van der Waals surface area contributed by atoms with Crippen molar-refractivity contribution in [3.8, 4) is 0 Å². The van der Waals surface area contributed by atoms with Crippen molar-refractivity contribution < 1.29 is 9.90 Å². The highest BCUT2D eigenvalue weighted by Gasteiger charge is 2.11. The van der Waals surface area contributed by atoms with Crippen molar-refractivity contribution in [3.63, 3.8) is 0 Å². The second-order valence-corrected chi connectivity index (χ2v) is 2.04. The van der Waals surface area contributed by atoms with E-state index in [9.17, 15) is 4.79 Å². The molecular weight excluding hydrogens is 144 g/mol. The Bertz CT molecular complexity index is 243. The molecule has 0 atom stereocenters. The highest BCUT2D eigenvalue weighted by Crippen LogP contribution is 2.04. The van der Waals surface area contributed by atoms with Gasteiger partial charge in [0, 0.05) is 12.4 Å². The van der Waals surface area contributed by atoms with Crippen LogP contribution in [0.25, 0.3) is 0 Å². The third-order valence-electron chi connectivity index (χ3n) is 1.29. The first-order valence-electron chi connectivity index (χ1n) is 3.07. The normalized spacial score (nSPS) is 15.1. The van der Waals surface area contributed by atoms with Crippen LogP contribution in [0.4, 0.5) is 0 Å². The summed E-state index contributed by atoms with van der Waals surface area (Å²) in [6.07, 6.45) is 4.91. The Balaban J connectivity index is 2.62. The molecule has 1 heterocycles. The Morgan fingerprint density at radius 3 is 2.91 bits per heavy atom. The molecule has 0 bridgehead atoms. The minimum absolute atomic E-state index is 0.0399. The number of rotatable bonds is 2. The average Bonchev–Trinajstić information content (AvgIpc) is 2.05. The maximum atomic E-state index is 10.4. The van der Waals surface area contributed by atoms with Crippen LogP contribution in [0.15, 0.2) is 29.5 Å². The lowest BCUT2D eigenvalue weighted by molar-refractivity contribution is -0.134. The molecule has 4 nitrogen and oxygen atoms in total. The highest BCUT2D eigenvalue weighted by molar-refractivity contribution is 5.85. The van der Waals surface area contributed by atoms with E-state index in [0.29, 0.717) is 6.67 Å². The van der Waals surface area contributed by atoms with Crippen molar-refractivity contribution in [2.75, 3.05) is 6.67 Å². The van der Waals surface area contributed by atoms with Crippen LogP contribution in [0.2, 0.25) is 0 Å². The van der Waals surface area contributed by atoms with Crippen molar-refractivity contribution in [1.29, 1.82) is 0 Å². The number of carbonyl (C=O) groups is 1. The molecule has 0 aromatic carbocycles. The molecule has 58 valence electrons. The smallest absolute Gasteiger partial charge is 0.351 e. The molecule has 4 heteroatoms. The summed E-state index contributed by atoms with van der Waals surface area (Å²) in [6, 6.07) is 0. The number of nitrogens with zero attached hydrogens (tertiary/aromatic N) is 2. The molecule has 0 spiro atoms. The van der Waals surface area contributed by atoms with Crippen LogP contribution in [0.3, 0.4) is 0 Å². The van der Waals surface area contributed by atoms with Crippen LogP contribution in [-0.2, 0) is 4.79 Å².